The molecule has 0 saturated carbocycles. The summed E-state index contributed by atoms with van der Waals surface area (Å²) in [6.07, 6.45) is 5.64. The number of hydrogen-bond acceptors (Lipinski definition) is 2. The zero-order valence-corrected chi connectivity index (χ0v) is 11.4. The molecule has 20 heavy (non-hydrogen) atoms. The van der Waals surface area contributed by atoms with Gasteiger partial charge in [0.15, 0.2) is 0 Å². The lowest BCUT2D eigenvalue weighted by molar-refractivity contribution is 0.640. The van der Waals surface area contributed by atoms with E-state index >= 15 is 0 Å². The summed E-state index contributed by atoms with van der Waals surface area (Å²) in [6.45, 7) is 2.17. The number of nitrogens with zero attached hydrogens (tertiary/aromatic N) is 2. The van der Waals surface area contributed by atoms with Crippen molar-refractivity contribution >= 4 is 5.69 Å². The predicted molar refractivity (Wildman–Crippen MR) is 82.3 cm³/mol. The van der Waals surface area contributed by atoms with Gasteiger partial charge in [0.05, 0.1) is 12.4 Å². The van der Waals surface area contributed by atoms with Crippen LogP contribution in [0.5, 0.6) is 0 Å². The number of nitrogen functional groups attached to an aromatic ring is 1. The molecule has 2 aromatic carbocycles. The van der Waals surface area contributed by atoms with Crippen molar-refractivity contribution in [1.82, 2.24) is 9.55 Å². The Balaban J connectivity index is 2.09. The number of benzene rings is 2. The topological polar surface area (TPSA) is 43.8 Å². The Hall–Kier alpha value is -2.55. The summed E-state index contributed by atoms with van der Waals surface area (Å²) < 4.78 is 2.10. The van der Waals surface area contributed by atoms with Crippen LogP contribution in [0.4, 0.5) is 5.69 Å². The van der Waals surface area contributed by atoms with Crippen LogP contribution in [0.3, 0.4) is 0 Å². The zero-order chi connectivity index (χ0) is 13.9. The van der Waals surface area contributed by atoms with E-state index in [1.54, 1.807) is 6.20 Å². The molecule has 1 heterocycles. The van der Waals surface area contributed by atoms with Gasteiger partial charge in [-0.1, -0.05) is 36.4 Å². The van der Waals surface area contributed by atoms with Crippen molar-refractivity contribution in [2.24, 2.45) is 0 Å². The average Bonchev–Trinajstić information content (AvgIpc) is 3.01. The third-order valence-corrected chi connectivity index (χ3v) is 3.58. The Morgan fingerprint density at radius 3 is 2.70 bits per heavy atom. The summed E-state index contributed by atoms with van der Waals surface area (Å²) in [4.78, 5) is 4.13. The highest BCUT2D eigenvalue weighted by atomic mass is 15.0. The predicted octanol–water partition coefficient (Wildman–Crippen LogP) is 3.74. The van der Waals surface area contributed by atoms with Gasteiger partial charge in [0, 0.05) is 18.1 Å². The third-order valence-electron chi connectivity index (χ3n) is 3.58. The van der Waals surface area contributed by atoms with E-state index in [9.17, 15) is 0 Å². The van der Waals surface area contributed by atoms with Crippen LogP contribution >= 0.6 is 0 Å². The fourth-order valence-corrected chi connectivity index (χ4v) is 2.49. The molecule has 3 nitrogen and oxygen atoms in total. The summed E-state index contributed by atoms with van der Waals surface area (Å²) in [7, 11) is 0. The van der Waals surface area contributed by atoms with Crippen molar-refractivity contribution in [1.29, 1.82) is 0 Å². The monoisotopic (exact) mass is 263 g/mol. The molecule has 3 aromatic rings. The van der Waals surface area contributed by atoms with E-state index in [-0.39, 0.29) is 6.04 Å². The molecule has 0 bridgehead atoms. The quantitative estimate of drug-likeness (QED) is 0.731. The van der Waals surface area contributed by atoms with Crippen LogP contribution < -0.4 is 5.73 Å². The van der Waals surface area contributed by atoms with Gasteiger partial charge in [-0.3, -0.25) is 0 Å². The molecule has 3 heteroatoms. The molecule has 0 saturated heterocycles. The first-order valence-electron chi connectivity index (χ1n) is 6.68. The summed E-state index contributed by atoms with van der Waals surface area (Å²) >= 11 is 0. The van der Waals surface area contributed by atoms with Gasteiger partial charge in [-0.15, -0.1) is 0 Å². The van der Waals surface area contributed by atoms with Crippen LogP contribution in [-0.2, 0) is 0 Å². The van der Waals surface area contributed by atoms with Crippen molar-refractivity contribution in [2.75, 3.05) is 5.73 Å². The molecule has 1 aromatic heterocycles. The first-order chi connectivity index (χ1) is 9.75. The Morgan fingerprint density at radius 2 is 1.95 bits per heavy atom. The molecule has 0 spiro atoms. The second kappa shape index (κ2) is 5.21. The highest BCUT2D eigenvalue weighted by Gasteiger charge is 2.12. The van der Waals surface area contributed by atoms with E-state index in [0.717, 1.165) is 11.3 Å². The highest BCUT2D eigenvalue weighted by Crippen LogP contribution is 2.30. The average molecular weight is 263 g/mol. The Morgan fingerprint density at radius 1 is 1.10 bits per heavy atom. The molecule has 0 aliphatic rings. The number of rotatable bonds is 3. The summed E-state index contributed by atoms with van der Waals surface area (Å²) in [5.74, 6) is 0. The standard InChI is InChI=1S/C17H17N3/c1-13(20-10-9-19-12-20)16-7-2-3-8-17(16)14-5-4-6-15(18)11-14/h2-13H,18H2,1H3. The maximum atomic E-state index is 5.90. The van der Waals surface area contributed by atoms with E-state index in [0.29, 0.717) is 0 Å². The van der Waals surface area contributed by atoms with Gasteiger partial charge in [-0.25, -0.2) is 4.98 Å². The molecule has 1 atom stereocenters. The molecule has 0 radical (unpaired) electrons. The molecular weight excluding hydrogens is 246 g/mol. The van der Waals surface area contributed by atoms with Crippen molar-refractivity contribution < 1.29 is 0 Å². The van der Waals surface area contributed by atoms with Crippen molar-refractivity contribution in [3.05, 3.63) is 72.8 Å². The molecule has 0 fully saturated rings. The lowest BCUT2D eigenvalue weighted by Crippen LogP contribution is -2.05. The van der Waals surface area contributed by atoms with E-state index < -0.39 is 0 Å². The Bertz CT molecular complexity index is 702. The fourth-order valence-electron chi connectivity index (χ4n) is 2.49. The van der Waals surface area contributed by atoms with Crippen molar-refractivity contribution in [3.63, 3.8) is 0 Å². The Labute approximate surface area is 118 Å². The van der Waals surface area contributed by atoms with Crippen LogP contribution in [0.25, 0.3) is 11.1 Å². The second-order valence-electron chi connectivity index (χ2n) is 4.90. The van der Waals surface area contributed by atoms with Gasteiger partial charge in [-0.2, -0.15) is 0 Å². The number of aromatic nitrogens is 2. The van der Waals surface area contributed by atoms with Crippen LogP contribution in [0.2, 0.25) is 0 Å². The third kappa shape index (κ3) is 2.30. The maximum absolute atomic E-state index is 5.90. The second-order valence-corrected chi connectivity index (χ2v) is 4.90. The van der Waals surface area contributed by atoms with E-state index in [1.165, 1.54) is 11.1 Å². The van der Waals surface area contributed by atoms with E-state index in [1.807, 2.05) is 30.7 Å². The fraction of sp³-hybridized carbons (Fsp3) is 0.118. The first-order valence-corrected chi connectivity index (χ1v) is 6.68. The van der Waals surface area contributed by atoms with Gasteiger partial charge < -0.3 is 10.3 Å². The number of hydrogen-bond donors (Lipinski definition) is 1. The van der Waals surface area contributed by atoms with Crippen LogP contribution in [-0.4, -0.2) is 9.55 Å². The summed E-state index contributed by atoms with van der Waals surface area (Å²) in [6, 6.07) is 16.7. The summed E-state index contributed by atoms with van der Waals surface area (Å²) in [5, 5.41) is 0. The lowest BCUT2D eigenvalue weighted by atomic mass is 9.95. The normalized spacial score (nSPS) is 12.2. The molecule has 0 aliphatic carbocycles. The Kier molecular flexibility index (Phi) is 3.25. The van der Waals surface area contributed by atoms with Crippen molar-refractivity contribution in [3.8, 4) is 11.1 Å². The molecular formula is C17H17N3. The van der Waals surface area contributed by atoms with E-state index in [4.69, 9.17) is 5.73 Å². The van der Waals surface area contributed by atoms with Crippen molar-refractivity contribution in [2.45, 2.75) is 13.0 Å². The van der Waals surface area contributed by atoms with Crippen LogP contribution in [0.1, 0.15) is 18.5 Å². The van der Waals surface area contributed by atoms with Crippen LogP contribution in [0, 0.1) is 0 Å². The number of anilines is 1. The molecule has 100 valence electrons. The van der Waals surface area contributed by atoms with Crippen LogP contribution in [0.15, 0.2) is 67.3 Å². The smallest absolute Gasteiger partial charge is 0.0951 e. The van der Waals surface area contributed by atoms with Gasteiger partial charge in [0.2, 0.25) is 0 Å². The van der Waals surface area contributed by atoms with Gasteiger partial charge in [0.25, 0.3) is 0 Å². The van der Waals surface area contributed by atoms with Gasteiger partial charge >= 0.3 is 0 Å². The first kappa shape index (κ1) is 12.5. The molecule has 2 N–H and O–H groups in total. The van der Waals surface area contributed by atoms with E-state index in [2.05, 4.69) is 46.8 Å². The van der Waals surface area contributed by atoms with Gasteiger partial charge in [0.1, 0.15) is 0 Å². The number of nitrogens with two attached hydrogens (primary N) is 1. The minimum absolute atomic E-state index is 0.232. The molecule has 0 aliphatic heterocycles. The minimum atomic E-state index is 0.232. The SMILES string of the molecule is CC(c1ccccc1-c1cccc(N)c1)n1ccnc1. The molecule has 1 unspecified atom stereocenters. The minimum Gasteiger partial charge on any atom is -0.399 e. The lowest BCUT2D eigenvalue weighted by Gasteiger charge is -2.18. The molecule has 3 rings (SSSR count). The zero-order valence-electron chi connectivity index (χ0n) is 11.4. The maximum Gasteiger partial charge on any atom is 0.0951 e. The van der Waals surface area contributed by atoms with Gasteiger partial charge in [-0.05, 0) is 35.7 Å². The largest absolute Gasteiger partial charge is 0.399 e. The highest BCUT2D eigenvalue weighted by molar-refractivity contribution is 5.71. The molecule has 0 amide bonds. The summed E-state index contributed by atoms with van der Waals surface area (Å²) in [5.41, 5.74) is 10.3. The number of imidazole rings is 1.